The van der Waals surface area contributed by atoms with Gasteiger partial charge in [0, 0.05) is 30.3 Å². The Balaban J connectivity index is 1.37. The maximum atomic E-state index is 3.77. The van der Waals surface area contributed by atoms with E-state index in [1.165, 1.54) is 55.2 Å². The van der Waals surface area contributed by atoms with Gasteiger partial charge in [-0.15, -0.1) is 0 Å². The lowest BCUT2D eigenvalue weighted by Crippen LogP contribution is -2.45. The number of aromatic nitrogens is 1. The van der Waals surface area contributed by atoms with Crippen LogP contribution in [0.15, 0.2) is 30.5 Å². The zero-order chi connectivity index (χ0) is 13.4. The number of hydrogen-bond donors (Lipinski definition) is 2. The van der Waals surface area contributed by atoms with Gasteiger partial charge in [0.05, 0.1) is 0 Å². The fourth-order valence-electron chi connectivity index (χ4n) is 3.88. The van der Waals surface area contributed by atoms with Gasteiger partial charge in [0.15, 0.2) is 0 Å². The third kappa shape index (κ3) is 2.36. The quantitative estimate of drug-likeness (QED) is 0.897. The lowest BCUT2D eigenvalue weighted by Gasteiger charge is -2.35. The van der Waals surface area contributed by atoms with Gasteiger partial charge >= 0.3 is 0 Å². The molecule has 0 bridgehead atoms. The van der Waals surface area contributed by atoms with Crippen LogP contribution in [0, 0.1) is 0 Å². The molecule has 3 heteroatoms. The highest BCUT2D eigenvalue weighted by molar-refractivity contribution is 5.79. The third-order valence-electron chi connectivity index (χ3n) is 5.03. The minimum Gasteiger partial charge on any atom is -0.361 e. The summed E-state index contributed by atoms with van der Waals surface area (Å²) < 4.78 is 0. The van der Waals surface area contributed by atoms with Gasteiger partial charge in [-0.05, 0) is 61.9 Å². The highest BCUT2D eigenvalue weighted by Gasteiger charge is 2.31. The number of benzene rings is 1. The lowest BCUT2D eigenvalue weighted by molar-refractivity contribution is 0.166. The second kappa shape index (κ2) is 5.23. The molecule has 1 aromatic carbocycles. The van der Waals surface area contributed by atoms with Crippen LogP contribution >= 0.6 is 0 Å². The molecule has 2 aliphatic heterocycles. The maximum Gasteiger partial charge on any atom is 0.0457 e. The van der Waals surface area contributed by atoms with Crippen LogP contribution in [0.5, 0.6) is 0 Å². The van der Waals surface area contributed by atoms with E-state index < -0.39 is 0 Å². The van der Waals surface area contributed by atoms with E-state index in [4.69, 9.17) is 0 Å². The maximum absolute atomic E-state index is 3.77. The van der Waals surface area contributed by atoms with Crippen molar-refractivity contribution in [1.29, 1.82) is 0 Å². The van der Waals surface area contributed by atoms with Crippen LogP contribution in [0.3, 0.4) is 0 Å². The first-order valence-electron chi connectivity index (χ1n) is 7.92. The molecule has 2 fully saturated rings. The summed E-state index contributed by atoms with van der Waals surface area (Å²) >= 11 is 0. The van der Waals surface area contributed by atoms with E-state index in [2.05, 4.69) is 39.5 Å². The van der Waals surface area contributed by atoms with Crippen LogP contribution in [0.1, 0.15) is 31.2 Å². The Hall–Kier alpha value is -1.32. The van der Waals surface area contributed by atoms with Crippen LogP contribution < -0.4 is 5.32 Å². The first-order valence-corrected chi connectivity index (χ1v) is 7.92. The molecule has 0 amide bonds. The average molecular weight is 269 g/mol. The predicted octanol–water partition coefficient (Wildman–Crippen LogP) is 2.88. The summed E-state index contributed by atoms with van der Waals surface area (Å²) in [6.45, 7) is 3.62. The fourth-order valence-corrected chi connectivity index (χ4v) is 3.88. The summed E-state index contributed by atoms with van der Waals surface area (Å²) in [4.78, 5) is 5.98. The molecule has 3 nitrogen and oxygen atoms in total. The van der Waals surface area contributed by atoms with Crippen molar-refractivity contribution >= 4 is 10.9 Å². The van der Waals surface area contributed by atoms with Crippen LogP contribution in [-0.2, 0) is 6.54 Å². The van der Waals surface area contributed by atoms with E-state index in [1.54, 1.807) is 0 Å². The lowest BCUT2D eigenvalue weighted by atomic mass is 9.97. The number of H-pyrrole nitrogens is 1. The van der Waals surface area contributed by atoms with Crippen molar-refractivity contribution in [2.45, 2.75) is 44.3 Å². The molecule has 2 N–H and O–H groups in total. The predicted molar refractivity (Wildman–Crippen MR) is 82.8 cm³/mol. The summed E-state index contributed by atoms with van der Waals surface area (Å²) in [6.07, 6.45) is 7.47. The summed E-state index contributed by atoms with van der Waals surface area (Å²) in [5.74, 6) is 0. The van der Waals surface area contributed by atoms with Crippen molar-refractivity contribution in [2.75, 3.05) is 13.1 Å². The number of aromatic amines is 1. The molecule has 0 aliphatic carbocycles. The third-order valence-corrected chi connectivity index (χ3v) is 5.03. The van der Waals surface area contributed by atoms with Gasteiger partial charge in [-0.1, -0.05) is 12.1 Å². The molecule has 2 aromatic rings. The highest BCUT2D eigenvalue weighted by Crippen LogP contribution is 2.27. The normalized spacial score (nSPS) is 27.0. The minimum absolute atomic E-state index is 0.702. The molecular formula is C17H23N3. The summed E-state index contributed by atoms with van der Waals surface area (Å²) in [6, 6.07) is 10.4. The molecule has 4 rings (SSSR count). The average Bonchev–Trinajstić information content (AvgIpc) is 3.12. The number of nitrogens with zero attached hydrogens (tertiary/aromatic N) is 1. The number of rotatable bonds is 3. The molecule has 3 heterocycles. The monoisotopic (exact) mass is 269 g/mol. The highest BCUT2D eigenvalue weighted by atomic mass is 15.2. The molecule has 1 aromatic heterocycles. The van der Waals surface area contributed by atoms with Gasteiger partial charge in [0.25, 0.3) is 0 Å². The van der Waals surface area contributed by atoms with Gasteiger partial charge < -0.3 is 15.2 Å². The van der Waals surface area contributed by atoms with Crippen LogP contribution in [0.2, 0.25) is 0 Å². The van der Waals surface area contributed by atoms with Crippen molar-refractivity contribution in [1.82, 2.24) is 15.2 Å². The SMILES string of the molecule is c1cc2ccc(CNC3CCN4CCCC4C3)cc2[nH]1. The molecule has 2 saturated heterocycles. The Morgan fingerprint density at radius 3 is 3.20 bits per heavy atom. The van der Waals surface area contributed by atoms with Crippen molar-refractivity contribution in [2.24, 2.45) is 0 Å². The van der Waals surface area contributed by atoms with Crippen LogP contribution in [0.25, 0.3) is 10.9 Å². The van der Waals surface area contributed by atoms with Crippen molar-refractivity contribution in [3.05, 3.63) is 36.0 Å². The smallest absolute Gasteiger partial charge is 0.0457 e. The Bertz CT molecular complexity index is 589. The fraction of sp³-hybridized carbons (Fsp3) is 0.529. The van der Waals surface area contributed by atoms with Crippen LogP contribution in [0.4, 0.5) is 0 Å². The largest absolute Gasteiger partial charge is 0.361 e. The standard InChI is InChI=1S/C17H23N3/c1-2-16-11-15(6-9-20(16)8-1)19-12-13-3-4-14-5-7-18-17(14)10-13/h3-5,7,10,15-16,18-19H,1-2,6,8-9,11-12H2. The molecule has 2 unspecified atom stereocenters. The van der Waals surface area contributed by atoms with E-state index >= 15 is 0 Å². The zero-order valence-corrected chi connectivity index (χ0v) is 11.9. The Labute approximate surface area is 120 Å². The van der Waals surface area contributed by atoms with Crippen molar-refractivity contribution in [3.8, 4) is 0 Å². The molecule has 2 atom stereocenters. The first kappa shape index (κ1) is 12.4. The minimum atomic E-state index is 0.702. The number of piperidine rings is 1. The van der Waals surface area contributed by atoms with Gasteiger partial charge in [-0.3, -0.25) is 0 Å². The molecule has 0 radical (unpaired) electrons. The van der Waals surface area contributed by atoms with E-state index in [-0.39, 0.29) is 0 Å². The van der Waals surface area contributed by atoms with Gasteiger partial charge in [-0.2, -0.15) is 0 Å². The van der Waals surface area contributed by atoms with Gasteiger partial charge in [0.2, 0.25) is 0 Å². The molecule has 0 spiro atoms. The first-order chi connectivity index (χ1) is 9.88. The Morgan fingerprint density at radius 2 is 2.20 bits per heavy atom. The topological polar surface area (TPSA) is 31.1 Å². The number of hydrogen-bond acceptors (Lipinski definition) is 2. The molecule has 20 heavy (non-hydrogen) atoms. The molecule has 0 saturated carbocycles. The Kier molecular flexibility index (Phi) is 3.25. The summed E-state index contributed by atoms with van der Waals surface area (Å²) in [5.41, 5.74) is 2.63. The second-order valence-electron chi connectivity index (χ2n) is 6.33. The second-order valence-corrected chi connectivity index (χ2v) is 6.33. The van der Waals surface area contributed by atoms with Crippen LogP contribution in [-0.4, -0.2) is 35.1 Å². The zero-order valence-electron chi connectivity index (χ0n) is 11.9. The van der Waals surface area contributed by atoms with Crippen molar-refractivity contribution < 1.29 is 0 Å². The summed E-state index contributed by atoms with van der Waals surface area (Å²) in [5, 5.41) is 5.07. The summed E-state index contributed by atoms with van der Waals surface area (Å²) in [7, 11) is 0. The number of nitrogens with one attached hydrogen (secondary N) is 2. The van der Waals surface area contributed by atoms with Crippen molar-refractivity contribution in [3.63, 3.8) is 0 Å². The van der Waals surface area contributed by atoms with E-state index in [0.29, 0.717) is 6.04 Å². The van der Waals surface area contributed by atoms with E-state index in [9.17, 15) is 0 Å². The van der Waals surface area contributed by atoms with Gasteiger partial charge in [0.1, 0.15) is 0 Å². The van der Waals surface area contributed by atoms with Gasteiger partial charge in [-0.25, -0.2) is 0 Å². The molecule has 2 aliphatic rings. The molecule has 106 valence electrons. The number of fused-ring (bicyclic) bond motifs is 2. The van der Waals surface area contributed by atoms with E-state index in [0.717, 1.165) is 12.6 Å². The molecular weight excluding hydrogens is 246 g/mol. The Morgan fingerprint density at radius 1 is 1.20 bits per heavy atom. The van der Waals surface area contributed by atoms with E-state index in [1.807, 2.05) is 6.20 Å².